The third kappa shape index (κ3) is 4.01. The van der Waals surface area contributed by atoms with E-state index in [0.29, 0.717) is 5.56 Å². The Balaban J connectivity index is 1.25. The fourth-order valence-corrected chi connectivity index (χ4v) is 6.84. The molecule has 0 spiro atoms. The zero-order valence-electron chi connectivity index (χ0n) is 24.3. The summed E-state index contributed by atoms with van der Waals surface area (Å²) in [5.74, 6) is 0. The Bertz CT molecular complexity index is 2660. The van der Waals surface area contributed by atoms with E-state index in [0.717, 1.165) is 60.4 Å². The molecule has 0 aliphatic heterocycles. The van der Waals surface area contributed by atoms with E-state index < -0.39 is 0 Å². The number of nitriles is 1. The highest BCUT2D eigenvalue weighted by Crippen LogP contribution is 2.39. The van der Waals surface area contributed by atoms with Gasteiger partial charge in [0.1, 0.15) is 0 Å². The molecule has 0 aliphatic rings. The molecule has 208 valence electrons. The average molecular weight is 572 g/mol. The van der Waals surface area contributed by atoms with Gasteiger partial charge in [-0.25, -0.2) is 4.98 Å². The Kier molecular flexibility index (Phi) is 5.57. The maximum absolute atomic E-state index is 9.65. The maximum Gasteiger partial charge on any atom is 0.0992 e. The van der Waals surface area contributed by atoms with Crippen molar-refractivity contribution >= 4 is 54.4 Å². The summed E-state index contributed by atoms with van der Waals surface area (Å²) in [5, 5.41) is 16.6. The summed E-state index contributed by atoms with van der Waals surface area (Å²) >= 11 is 0. The zero-order chi connectivity index (χ0) is 29.9. The second kappa shape index (κ2) is 9.91. The molecule has 45 heavy (non-hydrogen) atoms. The first-order chi connectivity index (χ1) is 22.2. The highest BCUT2D eigenvalue weighted by molar-refractivity contribution is 6.14. The van der Waals surface area contributed by atoms with Crippen LogP contribution in [0.4, 0.5) is 0 Å². The molecular formula is C42H25N3. The van der Waals surface area contributed by atoms with E-state index in [2.05, 4.69) is 138 Å². The normalized spacial score (nSPS) is 11.5. The lowest BCUT2D eigenvalue weighted by molar-refractivity contribution is 1.18. The van der Waals surface area contributed by atoms with E-state index in [1.54, 1.807) is 0 Å². The van der Waals surface area contributed by atoms with E-state index in [9.17, 15) is 5.26 Å². The van der Waals surface area contributed by atoms with Crippen molar-refractivity contribution in [2.24, 2.45) is 0 Å². The van der Waals surface area contributed by atoms with Gasteiger partial charge in [0.25, 0.3) is 0 Å². The predicted octanol–water partition coefficient (Wildman–Crippen LogP) is 10.8. The molecule has 0 saturated heterocycles. The minimum absolute atomic E-state index is 0.654. The van der Waals surface area contributed by atoms with Crippen molar-refractivity contribution in [1.29, 1.82) is 5.26 Å². The fraction of sp³-hybridized carbons (Fsp3) is 0. The van der Waals surface area contributed by atoms with E-state index in [-0.39, 0.29) is 0 Å². The molecule has 0 saturated carbocycles. The van der Waals surface area contributed by atoms with Crippen molar-refractivity contribution in [1.82, 2.24) is 9.55 Å². The fourth-order valence-electron chi connectivity index (χ4n) is 6.84. The van der Waals surface area contributed by atoms with Gasteiger partial charge >= 0.3 is 0 Å². The van der Waals surface area contributed by atoms with Crippen LogP contribution in [0.3, 0.4) is 0 Å². The minimum atomic E-state index is 0.654. The third-order valence-corrected chi connectivity index (χ3v) is 8.94. The molecule has 0 radical (unpaired) electrons. The molecule has 0 N–H and O–H groups in total. The van der Waals surface area contributed by atoms with Gasteiger partial charge in [-0.05, 0) is 82.2 Å². The molecule has 0 fully saturated rings. The number of hydrogen-bond donors (Lipinski definition) is 0. The van der Waals surface area contributed by atoms with Crippen LogP contribution in [0.5, 0.6) is 0 Å². The molecule has 0 unspecified atom stereocenters. The highest BCUT2D eigenvalue weighted by atomic mass is 15.0. The van der Waals surface area contributed by atoms with E-state index in [1.165, 1.54) is 21.9 Å². The summed E-state index contributed by atoms with van der Waals surface area (Å²) in [7, 11) is 0. The van der Waals surface area contributed by atoms with Crippen LogP contribution in [-0.4, -0.2) is 9.55 Å². The Morgan fingerprint density at radius 2 is 1.20 bits per heavy atom. The Morgan fingerprint density at radius 3 is 2.07 bits per heavy atom. The number of aromatic nitrogens is 2. The van der Waals surface area contributed by atoms with E-state index >= 15 is 0 Å². The smallest absolute Gasteiger partial charge is 0.0992 e. The number of fused-ring (bicyclic) bond motifs is 7. The molecular weight excluding hydrogens is 546 g/mol. The summed E-state index contributed by atoms with van der Waals surface area (Å²) in [5.41, 5.74) is 10.6. The molecule has 9 aromatic rings. The second-order valence-corrected chi connectivity index (χ2v) is 11.5. The lowest BCUT2D eigenvalue weighted by Crippen LogP contribution is -1.94. The Labute approximate surface area is 259 Å². The molecule has 2 aromatic heterocycles. The Morgan fingerprint density at radius 1 is 0.489 bits per heavy atom. The first-order valence-corrected chi connectivity index (χ1v) is 15.1. The SMILES string of the molecule is N#Cc1ccc2c3ccc(-c4cccc(-c5cc6cc7ccccc7nc6c6ccccc56)c4)cc3n(-c3ccccc3)c2c1. The number of benzene rings is 7. The summed E-state index contributed by atoms with van der Waals surface area (Å²) in [6, 6.07) is 55.7. The van der Waals surface area contributed by atoms with Crippen LogP contribution in [0, 0.1) is 11.3 Å². The molecule has 7 aromatic carbocycles. The van der Waals surface area contributed by atoms with Gasteiger partial charge in [0.05, 0.1) is 33.7 Å². The van der Waals surface area contributed by atoms with Gasteiger partial charge in [-0.15, -0.1) is 0 Å². The maximum atomic E-state index is 9.65. The van der Waals surface area contributed by atoms with Gasteiger partial charge in [-0.3, -0.25) is 0 Å². The van der Waals surface area contributed by atoms with Gasteiger partial charge < -0.3 is 4.57 Å². The van der Waals surface area contributed by atoms with Crippen molar-refractivity contribution in [2.45, 2.75) is 0 Å². The predicted molar refractivity (Wildman–Crippen MR) is 187 cm³/mol. The van der Waals surface area contributed by atoms with Gasteiger partial charge in [-0.1, -0.05) is 97.1 Å². The van der Waals surface area contributed by atoms with Crippen LogP contribution in [0.1, 0.15) is 5.56 Å². The summed E-state index contributed by atoms with van der Waals surface area (Å²) in [6.45, 7) is 0. The Hall–Kier alpha value is -6.24. The highest BCUT2D eigenvalue weighted by Gasteiger charge is 2.15. The lowest BCUT2D eigenvalue weighted by Gasteiger charge is -2.13. The van der Waals surface area contributed by atoms with E-state index in [1.807, 2.05) is 24.3 Å². The molecule has 0 amide bonds. The number of rotatable bonds is 3. The van der Waals surface area contributed by atoms with Gasteiger partial charge in [0.15, 0.2) is 0 Å². The topological polar surface area (TPSA) is 41.6 Å². The second-order valence-electron chi connectivity index (χ2n) is 11.5. The van der Waals surface area contributed by atoms with Crippen LogP contribution in [0.2, 0.25) is 0 Å². The van der Waals surface area contributed by atoms with Gasteiger partial charge in [0, 0.05) is 32.6 Å². The van der Waals surface area contributed by atoms with Crippen molar-refractivity contribution in [2.75, 3.05) is 0 Å². The van der Waals surface area contributed by atoms with Crippen LogP contribution in [0.15, 0.2) is 152 Å². The van der Waals surface area contributed by atoms with E-state index in [4.69, 9.17) is 4.98 Å². The summed E-state index contributed by atoms with van der Waals surface area (Å²) < 4.78 is 2.27. The number of hydrogen-bond acceptors (Lipinski definition) is 2. The molecule has 0 bridgehead atoms. The number of nitrogens with zero attached hydrogens (tertiary/aromatic N) is 3. The van der Waals surface area contributed by atoms with Crippen molar-refractivity contribution in [3.05, 3.63) is 157 Å². The zero-order valence-corrected chi connectivity index (χ0v) is 24.3. The van der Waals surface area contributed by atoms with Gasteiger partial charge in [0.2, 0.25) is 0 Å². The largest absolute Gasteiger partial charge is 0.309 e. The quantitative estimate of drug-likeness (QED) is 0.156. The van der Waals surface area contributed by atoms with Crippen LogP contribution in [-0.2, 0) is 0 Å². The first-order valence-electron chi connectivity index (χ1n) is 15.1. The van der Waals surface area contributed by atoms with Crippen molar-refractivity contribution in [3.8, 4) is 34.0 Å². The van der Waals surface area contributed by atoms with Crippen LogP contribution in [0.25, 0.3) is 82.3 Å². The van der Waals surface area contributed by atoms with Crippen molar-refractivity contribution < 1.29 is 0 Å². The standard InChI is InChI=1S/C42H25N3/c43-26-27-17-19-35-36-20-18-29(25-41(36)45(40(35)21-27)33-12-2-1-3-13-33)28-10-8-11-30(22-28)38-24-32-23-31-9-4-7-16-39(31)44-42(32)37-15-6-5-14-34(37)38/h1-25H. The lowest BCUT2D eigenvalue weighted by atomic mass is 9.92. The molecule has 2 heterocycles. The first kappa shape index (κ1) is 25.3. The molecule has 0 atom stereocenters. The van der Waals surface area contributed by atoms with Crippen LogP contribution >= 0.6 is 0 Å². The number of pyridine rings is 1. The van der Waals surface area contributed by atoms with Crippen molar-refractivity contribution in [3.63, 3.8) is 0 Å². The third-order valence-electron chi connectivity index (χ3n) is 8.94. The average Bonchev–Trinajstić information content (AvgIpc) is 3.43. The minimum Gasteiger partial charge on any atom is -0.309 e. The molecule has 9 rings (SSSR count). The number of para-hydroxylation sites is 2. The monoisotopic (exact) mass is 571 g/mol. The molecule has 3 nitrogen and oxygen atoms in total. The van der Waals surface area contributed by atoms with Crippen LogP contribution < -0.4 is 0 Å². The van der Waals surface area contributed by atoms with Gasteiger partial charge in [-0.2, -0.15) is 5.26 Å². The summed E-state index contributed by atoms with van der Waals surface area (Å²) in [6.07, 6.45) is 0. The molecule has 0 aliphatic carbocycles. The molecule has 3 heteroatoms. The summed E-state index contributed by atoms with van der Waals surface area (Å²) in [4.78, 5) is 5.08.